The van der Waals surface area contributed by atoms with E-state index in [1.807, 2.05) is 25.2 Å². The van der Waals surface area contributed by atoms with Gasteiger partial charge in [0.15, 0.2) is 5.96 Å². The molecule has 0 radical (unpaired) electrons. The zero-order chi connectivity index (χ0) is 15.7. The molecular formula is C18H27N3O. The van der Waals surface area contributed by atoms with Gasteiger partial charge in [-0.1, -0.05) is 44.2 Å². The fraction of sp³-hybridized carbons (Fsp3) is 0.611. The molecule has 0 aliphatic heterocycles. The molecular weight excluding hydrogens is 274 g/mol. The second kappa shape index (κ2) is 5.92. The lowest BCUT2D eigenvalue weighted by Gasteiger charge is -2.49. The standard InChI is InChI=1S/C18H27N3O/c1-18(2)15(20-17(19)21(3)14-9-10-14)11-16(18)22-12-13-7-5-4-6-8-13/h4-8,14-16H,9-12H2,1-3H3,(H2,19,20). The zero-order valence-electron chi connectivity index (χ0n) is 13.8. The average molecular weight is 301 g/mol. The fourth-order valence-electron chi connectivity index (χ4n) is 3.04. The lowest BCUT2D eigenvalue weighted by molar-refractivity contribution is -0.114. The van der Waals surface area contributed by atoms with Crippen LogP contribution < -0.4 is 5.73 Å². The monoisotopic (exact) mass is 301 g/mol. The summed E-state index contributed by atoms with van der Waals surface area (Å²) in [6.45, 7) is 5.12. The number of nitrogens with zero attached hydrogens (tertiary/aromatic N) is 2. The molecule has 2 saturated carbocycles. The number of nitrogens with two attached hydrogens (primary N) is 1. The minimum absolute atomic E-state index is 0.0454. The van der Waals surface area contributed by atoms with Crippen LogP contribution in [0.25, 0.3) is 0 Å². The number of rotatable bonds is 5. The van der Waals surface area contributed by atoms with E-state index in [9.17, 15) is 0 Å². The van der Waals surface area contributed by atoms with Crippen molar-refractivity contribution >= 4 is 5.96 Å². The molecule has 0 saturated heterocycles. The van der Waals surface area contributed by atoms with Crippen LogP contribution in [-0.2, 0) is 11.3 Å². The first kappa shape index (κ1) is 15.3. The van der Waals surface area contributed by atoms with Gasteiger partial charge in [0.2, 0.25) is 0 Å². The van der Waals surface area contributed by atoms with Crippen molar-refractivity contribution in [3.05, 3.63) is 35.9 Å². The summed E-state index contributed by atoms with van der Waals surface area (Å²) >= 11 is 0. The fourth-order valence-corrected chi connectivity index (χ4v) is 3.04. The smallest absolute Gasteiger partial charge is 0.191 e. The Morgan fingerprint density at radius 1 is 1.32 bits per heavy atom. The Balaban J connectivity index is 1.54. The normalized spacial score (nSPS) is 27.3. The summed E-state index contributed by atoms with van der Waals surface area (Å²) in [6, 6.07) is 11.2. The minimum atomic E-state index is 0.0454. The number of hydrogen-bond donors (Lipinski definition) is 1. The van der Waals surface area contributed by atoms with E-state index in [4.69, 9.17) is 15.5 Å². The van der Waals surface area contributed by atoms with Gasteiger partial charge in [-0.15, -0.1) is 0 Å². The summed E-state index contributed by atoms with van der Waals surface area (Å²) in [5.41, 5.74) is 7.40. The predicted octanol–water partition coefficient (Wildman–Crippen LogP) is 2.78. The summed E-state index contributed by atoms with van der Waals surface area (Å²) in [6.07, 6.45) is 3.69. The van der Waals surface area contributed by atoms with E-state index in [0.717, 1.165) is 6.42 Å². The number of guanidine groups is 1. The van der Waals surface area contributed by atoms with E-state index in [-0.39, 0.29) is 17.6 Å². The van der Waals surface area contributed by atoms with Gasteiger partial charge in [0.05, 0.1) is 18.8 Å². The highest BCUT2D eigenvalue weighted by Crippen LogP contribution is 2.45. The van der Waals surface area contributed by atoms with E-state index in [1.165, 1.54) is 18.4 Å². The van der Waals surface area contributed by atoms with Gasteiger partial charge in [0.1, 0.15) is 0 Å². The molecule has 0 aromatic heterocycles. The third-order valence-electron chi connectivity index (χ3n) is 5.16. The Kier molecular flexibility index (Phi) is 4.13. The lowest BCUT2D eigenvalue weighted by Crippen LogP contribution is -2.54. The first-order valence-corrected chi connectivity index (χ1v) is 8.20. The van der Waals surface area contributed by atoms with E-state index >= 15 is 0 Å². The van der Waals surface area contributed by atoms with Crippen molar-refractivity contribution in [2.75, 3.05) is 7.05 Å². The van der Waals surface area contributed by atoms with Crippen LogP contribution in [0.1, 0.15) is 38.7 Å². The van der Waals surface area contributed by atoms with Gasteiger partial charge in [0, 0.05) is 18.5 Å². The third-order valence-corrected chi connectivity index (χ3v) is 5.16. The molecule has 3 rings (SSSR count). The Labute approximate surface area is 133 Å². The Morgan fingerprint density at radius 2 is 2.00 bits per heavy atom. The number of benzene rings is 1. The molecule has 22 heavy (non-hydrogen) atoms. The zero-order valence-corrected chi connectivity index (χ0v) is 13.8. The molecule has 4 nitrogen and oxygen atoms in total. The highest BCUT2D eigenvalue weighted by Gasteiger charge is 2.49. The first-order chi connectivity index (χ1) is 10.5. The van der Waals surface area contributed by atoms with Crippen molar-refractivity contribution in [2.24, 2.45) is 16.1 Å². The van der Waals surface area contributed by atoms with Crippen LogP contribution in [0.2, 0.25) is 0 Å². The Hall–Kier alpha value is -1.55. The molecule has 2 atom stereocenters. The molecule has 0 heterocycles. The van der Waals surface area contributed by atoms with Gasteiger partial charge in [-0.2, -0.15) is 0 Å². The van der Waals surface area contributed by atoms with Crippen LogP contribution in [0.3, 0.4) is 0 Å². The summed E-state index contributed by atoms with van der Waals surface area (Å²) in [5, 5.41) is 0. The summed E-state index contributed by atoms with van der Waals surface area (Å²) in [5.74, 6) is 0.682. The Bertz CT molecular complexity index is 537. The summed E-state index contributed by atoms with van der Waals surface area (Å²) in [7, 11) is 2.05. The van der Waals surface area contributed by atoms with Crippen LogP contribution in [0.4, 0.5) is 0 Å². The van der Waals surface area contributed by atoms with Crippen molar-refractivity contribution < 1.29 is 4.74 Å². The molecule has 2 N–H and O–H groups in total. The quantitative estimate of drug-likeness (QED) is 0.672. The third kappa shape index (κ3) is 3.12. The van der Waals surface area contributed by atoms with Crippen molar-refractivity contribution in [3.63, 3.8) is 0 Å². The molecule has 0 amide bonds. The SMILES string of the molecule is CN(C(N)=NC1CC(OCc2ccccc2)C1(C)C)C1CC1. The molecule has 120 valence electrons. The minimum Gasteiger partial charge on any atom is -0.373 e. The van der Waals surface area contributed by atoms with Gasteiger partial charge >= 0.3 is 0 Å². The van der Waals surface area contributed by atoms with Crippen molar-refractivity contribution in [1.29, 1.82) is 0 Å². The molecule has 1 aromatic rings. The molecule has 1 aromatic carbocycles. The largest absolute Gasteiger partial charge is 0.373 e. The Morgan fingerprint density at radius 3 is 2.59 bits per heavy atom. The number of ether oxygens (including phenoxy) is 1. The predicted molar refractivity (Wildman–Crippen MR) is 89.6 cm³/mol. The van der Waals surface area contributed by atoms with Crippen LogP contribution in [0, 0.1) is 5.41 Å². The second-order valence-electron chi connectivity index (χ2n) is 7.19. The maximum atomic E-state index is 6.14. The average Bonchev–Trinajstić information content (AvgIpc) is 3.34. The number of aliphatic imine (C=N–C) groups is 1. The maximum Gasteiger partial charge on any atom is 0.191 e. The van der Waals surface area contributed by atoms with Crippen LogP contribution >= 0.6 is 0 Å². The highest BCUT2D eigenvalue weighted by atomic mass is 16.5. The summed E-state index contributed by atoms with van der Waals surface area (Å²) in [4.78, 5) is 6.86. The van der Waals surface area contributed by atoms with Crippen molar-refractivity contribution in [1.82, 2.24) is 4.90 Å². The van der Waals surface area contributed by atoms with Gasteiger partial charge in [-0.05, 0) is 24.8 Å². The topological polar surface area (TPSA) is 50.8 Å². The van der Waals surface area contributed by atoms with Gasteiger partial charge < -0.3 is 15.4 Å². The first-order valence-electron chi connectivity index (χ1n) is 8.20. The highest BCUT2D eigenvalue weighted by molar-refractivity contribution is 5.78. The molecule has 0 bridgehead atoms. The molecule has 4 heteroatoms. The van der Waals surface area contributed by atoms with Crippen molar-refractivity contribution in [3.8, 4) is 0 Å². The molecule has 2 fully saturated rings. The van der Waals surface area contributed by atoms with Gasteiger partial charge in [-0.25, -0.2) is 4.99 Å². The maximum absolute atomic E-state index is 6.14. The molecule has 2 aliphatic rings. The summed E-state index contributed by atoms with van der Waals surface area (Å²) < 4.78 is 6.09. The van der Waals surface area contributed by atoms with Crippen molar-refractivity contribution in [2.45, 2.75) is 57.9 Å². The van der Waals surface area contributed by atoms with Crippen LogP contribution in [-0.4, -0.2) is 36.1 Å². The van der Waals surface area contributed by atoms with Crippen LogP contribution in [0.5, 0.6) is 0 Å². The molecule has 2 aliphatic carbocycles. The van der Waals surface area contributed by atoms with Gasteiger partial charge in [-0.3, -0.25) is 0 Å². The molecule has 0 spiro atoms. The van der Waals surface area contributed by atoms with E-state index in [0.29, 0.717) is 18.6 Å². The van der Waals surface area contributed by atoms with E-state index in [2.05, 4.69) is 30.9 Å². The molecule has 2 unspecified atom stereocenters. The van der Waals surface area contributed by atoms with Gasteiger partial charge in [0.25, 0.3) is 0 Å². The van der Waals surface area contributed by atoms with E-state index in [1.54, 1.807) is 0 Å². The number of hydrogen-bond acceptors (Lipinski definition) is 2. The van der Waals surface area contributed by atoms with E-state index < -0.39 is 0 Å². The second-order valence-corrected chi connectivity index (χ2v) is 7.19. The lowest BCUT2D eigenvalue weighted by atomic mass is 9.65. The van der Waals surface area contributed by atoms with Crippen LogP contribution in [0.15, 0.2) is 35.3 Å².